The Morgan fingerprint density at radius 2 is 1.93 bits per heavy atom. The van der Waals surface area contributed by atoms with Gasteiger partial charge in [0.25, 0.3) is 5.91 Å². The Kier molecular flexibility index (Phi) is 3.82. The highest BCUT2D eigenvalue weighted by molar-refractivity contribution is 6.06. The normalized spacial score (nSPS) is 31.1. The van der Waals surface area contributed by atoms with E-state index in [2.05, 4.69) is 10.6 Å². The van der Waals surface area contributed by atoms with Gasteiger partial charge in [0, 0.05) is 29.6 Å². The number of imide groups is 1. The van der Waals surface area contributed by atoms with Crippen molar-refractivity contribution >= 4 is 29.3 Å². The van der Waals surface area contributed by atoms with Crippen LogP contribution in [0.3, 0.4) is 0 Å². The average Bonchev–Trinajstić information content (AvgIpc) is 3.37. The van der Waals surface area contributed by atoms with E-state index in [-0.39, 0.29) is 29.6 Å². The summed E-state index contributed by atoms with van der Waals surface area (Å²) in [7, 11) is 0. The zero-order chi connectivity index (χ0) is 19.5. The number of benzene rings is 1. The van der Waals surface area contributed by atoms with E-state index in [0.717, 1.165) is 37.7 Å². The molecule has 2 N–H and O–H groups in total. The fourth-order valence-electron chi connectivity index (χ4n) is 5.41. The molecule has 2 saturated carbocycles. The van der Waals surface area contributed by atoms with E-state index in [1.807, 2.05) is 12.1 Å². The maximum Gasteiger partial charge on any atom is 0.255 e. The van der Waals surface area contributed by atoms with Gasteiger partial charge < -0.3 is 10.2 Å². The molecule has 1 saturated heterocycles. The van der Waals surface area contributed by atoms with Gasteiger partial charge >= 0.3 is 0 Å². The molecule has 0 spiro atoms. The van der Waals surface area contributed by atoms with Gasteiger partial charge in [-0.2, -0.15) is 0 Å². The third-order valence-electron chi connectivity index (χ3n) is 7.01. The number of fused-ring (bicyclic) bond motifs is 3. The molecule has 2 aliphatic heterocycles. The third-order valence-corrected chi connectivity index (χ3v) is 7.01. The van der Waals surface area contributed by atoms with E-state index in [0.29, 0.717) is 30.1 Å². The highest BCUT2D eigenvalue weighted by Gasteiger charge is 2.50. The standard InChI is InChI=1S/C21H23N3O4/c25-17-4-3-16(18(26)23-17)24-11-13-1-2-14(9-15(13)19(24)27)22-20(28)21-7-5-12(10-21)6-8-21/h1-2,9,12,16H,3-8,10-11H2,(H,22,28)(H,23,25,26). The van der Waals surface area contributed by atoms with Crippen LogP contribution in [0.5, 0.6) is 0 Å². The smallest absolute Gasteiger partial charge is 0.255 e. The summed E-state index contributed by atoms with van der Waals surface area (Å²) in [5.74, 6) is -0.173. The molecule has 1 unspecified atom stereocenters. The Hall–Kier alpha value is -2.70. The lowest BCUT2D eigenvalue weighted by Gasteiger charge is -2.29. The zero-order valence-electron chi connectivity index (χ0n) is 15.6. The summed E-state index contributed by atoms with van der Waals surface area (Å²) in [5.41, 5.74) is 1.77. The minimum atomic E-state index is -0.622. The molecule has 4 aliphatic rings. The summed E-state index contributed by atoms with van der Waals surface area (Å²) in [6.45, 7) is 0.348. The Balaban J connectivity index is 1.33. The summed E-state index contributed by atoms with van der Waals surface area (Å²) in [4.78, 5) is 50.8. The fourth-order valence-corrected chi connectivity index (χ4v) is 5.41. The van der Waals surface area contributed by atoms with Gasteiger partial charge in [-0.05, 0) is 62.1 Å². The van der Waals surface area contributed by atoms with E-state index in [4.69, 9.17) is 0 Å². The van der Waals surface area contributed by atoms with Gasteiger partial charge in [-0.15, -0.1) is 0 Å². The molecule has 4 amide bonds. The summed E-state index contributed by atoms with van der Waals surface area (Å²) >= 11 is 0. The summed E-state index contributed by atoms with van der Waals surface area (Å²) in [5, 5.41) is 5.34. The molecule has 2 bridgehead atoms. The molecular weight excluding hydrogens is 358 g/mol. The molecule has 146 valence electrons. The SMILES string of the molecule is O=C1CCC(N2Cc3ccc(NC(=O)C45CCC(CC4)C5)cc3C2=O)C(=O)N1. The van der Waals surface area contributed by atoms with Crippen LogP contribution in [0.25, 0.3) is 0 Å². The Morgan fingerprint density at radius 1 is 1.14 bits per heavy atom. The lowest BCUT2D eigenvalue weighted by molar-refractivity contribution is -0.137. The first-order valence-electron chi connectivity index (χ1n) is 10.0. The second-order valence-electron chi connectivity index (χ2n) is 8.65. The first-order valence-corrected chi connectivity index (χ1v) is 10.0. The molecular formula is C21H23N3O4. The van der Waals surface area contributed by atoms with Crippen molar-refractivity contribution < 1.29 is 19.2 Å². The van der Waals surface area contributed by atoms with Gasteiger partial charge in [0.05, 0.1) is 0 Å². The van der Waals surface area contributed by atoms with Gasteiger partial charge in [0.2, 0.25) is 17.7 Å². The summed E-state index contributed by atoms with van der Waals surface area (Å²) < 4.78 is 0. The van der Waals surface area contributed by atoms with E-state index in [1.54, 1.807) is 6.07 Å². The number of carbonyl (C=O) groups excluding carboxylic acids is 4. The fraction of sp³-hybridized carbons (Fsp3) is 0.524. The number of anilines is 1. The Bertz CT molecular complexity index is 901. The molecule has 5 rings (SSSR count). The number of rotatable bonds is 3. The predicted molar refractivity (Wildman–Crippen MR) is 100 cm³/mol. The molecule has 0 radical (unpaired) electrons. The number of hydrogen-bond acceptors (Lipinski definition) is 4. The maximum atomic E-state index is 12.9. The van der Waals surface area contributed by atoms with Crippen LogP contribution in [0.2, 0.25) is 0 Å². The van der Waals surface area contributed by atoms with Gasteiger partial charge in [-0.25, -0.2) is 0 Å². The third kappa shape index (κ3) is 2.64. The van der Waals surface area contributed by atoms with E-state index >= 15 is 0 Å². The van der Waals surface area contributed by atoms with Crippen molar-refractivity contribution in [2.75, 3.05) is 5.32 Å². The van der Waals surface area contributed by atoms with Crippen molar-refractivity contribution in [1.29, 1.82) is 0 Å². The van der Waals surface area contributed by atoms with Crippen LogP contribution in [0.1, 0.15) is 60.9 Å². The minimum absolute atomic E-state index is 0.0694. The number of hydrogen-bond donors (Lipinski definition) is 2. The second-order valence-corrected chi connectivity index (χ2v) is 8.65. The van der Waals surface area contributed by atoms with Gasteiger partial charge in [0.1, 0.15) is 6.04 Å². The van der Waals surface area contributed by atoms with Crippen molar-refractivity contribution in [2.45, 2.75) is 57.5 Å². The predicted octanol–water partition coefficient (Wildman–Crippen LogP) is 1.97. The molecule has 0 aromatic heterocycles. The number of nitrogens with one attached hydrogen (secondary N) is 2. The van der Waals surface area contributed by atoms with Crippen molar-refractivity contribution in [3.8, 4) is 0 Å². The maximum absolute atomic E-state index is 12.9. The molecule has 7 heteroatoms. The van der Waals surface area contributed by atoms with Crippen LogP contribution in [0, 0.1) is 11.3 Å². The van der Waals surface area contributed by atoms with Gasteiger partial charge in [-0.1, -0.05) is 6.07 Å². The lowest BCUT2D eigenvalue weighted by Crippen LogP contribution is -2.52. The minimum Gasteiger partial charge on any atom is -0.326 e. The van der Waals surface area contributed by atoms with Crippen LogP contribution in [-0.4, -0.2) is 34.6 Å². The molecule has 2 heterocycles. The largest absolute Gasteiger partial charge is 0.326 e. The van der Waals surface area contributed by atoms with E-state index in [1.165, 1.54) is 4.90 Å². The first kappa shape index (κ1) is 17.4. The summed E-state index contributed by atoms with van der Waals surface area (Å²) in [6.07, 6.45) is 5.74. The molecule has 1 aromatic carbocycles. The molecule has 1 aromatic rings. The topological polar surface area (TPSA) is 95.6 Å². The lowest BCUT2D eigenvalue weighted by atomic mass is 9.83. The number of piperidine rings is 1. The number of nitrogens with zero attached hydrogens (tertiary/aromatic N) is 1. The monoisotopic (exact) mass is 381 g/mol. The highest BCUT2D eigenvalue weighted by Crippen LogP contribution is 2.54. The van der Waals surface area contributed by atoms with Crippen LogP contribution >= 0.6 is 0 Å². The highest BCUT2D eigenvalue weighted by atomic mass is 16.2. The molecule has 2 aliphatic carbocycles. The quantitative estimate of drug-likeness (QED) is 0.783. The average molecular weight is 381 g/mol. The van der Waals surface area contributed by atoms with Crippen molar-refractivity contribution in [3.05, 3.63) is 29.3 Å². The molecule has 28 heavy (non-hydrogen) atoms. The first-order chi connectivity index (χ1) is 13.4. The molecule has 7 nitrogen and oxygen atoms in total. The van der Waals surface area contributed by atoms with E-state index < -0.39 is 11.9 Å². The number of amides is 4. The molecule has 3 fully saturated rings. The van der Waals surface area contributed by atoms with Crippen LogP contribution in [0.15, 0.2) is 18.2 Å². The Morgan fingerprint density at radius 3 is 2.61 bits per heavy atom. The van der Waals surface area contributed by atoms with Gasteiger partial charge in [0.15, 0.2) is 0 Å². The zero-order valence-corrected chi connectivity index (χ0v) is 15.6. The van der Waals surface area contributed by atoms with E-state index in [9.17, 15) is 19.2 Å². The van der Waals surface area contributed by atoms with Crippen molar-refractivity contribution in [1.82, 2.24) is 10.2 Å². The van der Waals surface area contributed by atoms with Crippen LogP contribution < -0.4 is 10.6 Å². The van der Waals surface area contributed by atoms with Crippen molar-refractivity contribution in [3.63, 3.8) is 0 Å². The Labute approximate surface area is 162 Å². The summed E-state index contributed by atoms with van der Waals surface area (Å²) in [6, 6.07) is 4.77. The van der Waals surface area contributed by atoms with Crippen LogP contribution in [-0.2, 0) is 20.9 Å². The van der Waals surface area contributed by atoms with Crippen LogP contribution in [0.4, 0.5) is 5.69 Å². The van der Waals surface area contributed by atoms with Gasteiger partial charge in [-0.3, -0.25) is 24.5 Å². The second kappa shape index (κ2) is 6.15. The molecule has 1 atom stereocenters. The van der Waals surface area contributed by atoms with Crippen molar-refractivity contribution in [2.24, 2.45) is 11.3 Å². The number of carbonyl (C=O) groups is 4.